The normalized spacial score (nSPS) is 8.44. The molecule has 0 aliphatic heterocycles. The predicted octanol–water partition coefficient (Wildman–Crippen LogP) is -1.00. The molecule has 0 saturated heterocycles. The van der Waals surface area contributed by atoms with Crippen molar-refractivity contribution in [2.75, 3.05) is 6.54 Å². The largest absolute Gasteiger partial charge is 0.370 e. The Morgan fingerprint density at radius 3 is 2.78 bits per heavy atom. The van der Waals surface area contributed by atoms with E-state index < -0.39 is 0 Å². The molecule has 0 fully saturated rings. The quantitative estimate of drug-likeness (QED) is 0.370. The van der Waals surface area contributed by atoms with Gasteiger partial charge in [0.1, 0.15) is 0 Å². The van der Waals surface area contributed by atoms with Crippen LogP contribution in [-0.4, -0.2) is 18.9 Å². The van der Waals surface area contributed by atoms with Crippen LogP contribution in [-0.2, 0) is 9.59 Å². The first-order valence-electron chi connectivity index (χ1n) is 2.72. The second-order valence-corrected chi connectivity index (χ2v) is 1.64. The Labute approximate surface area is 53.4 Å². The molecule has 52 valence electrons. The summed E-state index contributed by atoms with van der Waals surface area (Å²) in [5, 5.41) is 2.42. The van der Waals surface area contributed by atoms with Crippen molar-refractivity contribution < 1.29 is 9.59 Å². The zero-order valence-electron chi connectivity index (χ0n) is 5.09. The van der Waals surface area contributed by atoms with Gasteiger partial charge in [0, 0.05) is 13.0 Å². The van der Waals surface area contributed by atoms with Crippen LogP contribution in [0.3, 0.4) is 0 Å². The molecular weight excluding hydrogens is 120 g/mol. The molecule has 4 heteroatoms. The Hall–Kier alpha value is -1.06. The van der Waals surface area contributed by atoms with Crippen molar-refractivity contribution in [3.05, 3.63) is 0 Å². The summed E-state index contributed by atoms with van der Waals surface area (Å²) in [6, 6.07) is 0. The highest BCUT2D eigenvalue weighted by Gasteiger charge is 1.91. The maximum absolute atomic E-state index is 10.1. The molecule has 0 aliphatic carbocycles. The number of rotatable bonds is 5. The average molecular weight is 130 g/mol. The van der Waals surface area contributed by atoms with Crippen LogP contribution in [0.5, 0.6) is 0 Å². The van der Waals surface area contributed by atoms with Gasteiger partial charge in [0.2, 0.25) is 12.3 Å². The van der Waals surface area contributed by atoms with Crippen LogP contribution in [0.2, 0.25) is 0 Å². The van der Waals surface area contributed by atoms with Crippen LogP contribution >= 0.6 is 0 Å². The molecule has 0 aromatic heterocycles. The number of nitrogens with one attached hydrogen (secondary N) is 1. The van der Waals surface area contributed by atoms with E-state index in [1.54, 1.807) is 0 Å². The highest BCUT2D eigenvalue weighted by atomic mass is 16.1. The van der Waals surface area contributed by atoms with Crippen molar-refractivity contribution in [2.24, 2.45) is 5.73 Å². The first-order valence-corrected chi connectivity index (χ1v) is 2.72. The van der Waals surface area contributed by atoms with Gasteiger partial charge in [0.15, 0.2) is 0 Å². The van der Waals surface area contributed by atoms with E-state index in [0.29, 0.717) is 25.8 Å². The third-order valence-electron chi connectivity index (χ3n) is 0.828. The summed E-state index contributed by atoms with van der Waals surface area (Å²) in [7, 11) is 0. The molecule has 3 N–H and O–H groups in total. The summed E-state index contributed by atoms with van der Waals surface area (Å²) in [5.74, 6) is -0.331. The lowest BCUT2D eigenvalue weighted by atomic mass is 10.3. The Morgan fingerprint density at radius 1 is 1.67 bits per heavy atom. The van der Waals surface area contributed by atoms with Gasteiger partial charge in [-0.2, -0.15) is 0 Å². The van der Waals surface area contributed by atoms with Crippen molar-refractivity contribution in [2.45, 2.75) is 12.8 Å². The van der Waals surface area contributed by atoms with Crippen molar-refractivity contribution in [1.29, 1.82) is 0 Å². The molecule has 0 spiro atoms. The lowest BCUT2D eigenvalue weighted by Gasteiger charge is -1.93. The van der Waals surface area contributed by atoms with E-state index in [1.165, 1.54) is 0 Å². The molecule has 0 unspecified atom stereocenters. The van der Waals surface area contributed by atoms with Gasteiger partial charge in [-0.25, -0.2) is 0 Å². The summed E-state index contributed by atoms with van der Waals surface area (Å²) in [6.07, 6.45) is 1.55. The monoisotopic (exact) mass is 130 g/mol. The summed E-state index contributed by atoms with van der Waals surface area (Å²) in [5.41, 5.74) is 4.82. The molecule has 0 aromatic carbocycles. The number of amides is 2. The number of hydrogen-bond donors (Lipinski definition) is 2. The lowest BCUT2D eigenvalue weighted by Crippen LogP contribution is -2.16. The molecular formula is C5H10N2O2. The van der Waals surface area contributed by atoms with Crippen molar-refractivity contribution in [3.8, 4) is 0 Å². The van der Waals surface area contributed by atoms with Crippen LogP contribution in [0.25, 0.3) is 0 Å². The van der Waals surface area contributed by atoms with Gasteiger partial charge in [0.25, 0.3) is 0 Å². The second-order valence-electron chi connectivity index (χ2n) is 1.64. The Kier molecular flexibility index (Phi) is 4.49. The summed E-state index contributed by atoms with van der Waals surface area (Å²) in [4.78, 5) is 19.7. The fourth-order valence-corrected chi connectivity index (χ4v) is 0.424. The maximum Gasteiger partial charge on any atom is 0.217 e. The maximum atomic E-state index is 10.1. The third kappa shape index (κ3) is 6.94. The molecule has 0 rings (SSSR count). The number of carbonyl (C=O) groups is 2. The van der Waals surface area contributed by atoms with Gasteiger partial charge in [-0.05, 0) is 6.42 Å². The predicted molar refractivity (Wildman–Crippen MR) is 32.5 cm³/mol. The van der Waals surface area contributed by atoms with Crippen LogP contribution in [0.4, 0.5) is 0 Å². The smallest absolute Gasteiger partial charge is 0.217 e. The molecule has 9 heavy (non-hydrogen) atoms. The summed E-state index contributed by atoms with van der Waals surface area (Å²) >= 11 is 0. The van der Waals surface area contributed by atoms with Gasteiger partial charge in [-0.1, -0.05) is 0 Å². The number of nitrogens with two attached hydrogens (primary N) is 1. The summed E-state index contributed by atoms with van der Waals surface area (Å²) < 4.78 is 0. The highest BCUT2D eigenvalue weighted by molar-refractivity contribution is 5.73. The van der Waals surface area contributed by atoms with E-state index >= 15 is 0 Å². The Bertz CT molecular complexity index is 103. The van der Waals surface area contributed by atoms with Crippen LogP contribution in [0, 0.1) is 0 Å². The molecule has 2 amide bonds. The first-order chi connectivity index (χ1) is 4.27. The van der Waals surface area contributed by atoms with Crippen molar-refractivity contribution in [1.82, 2.24) is 5.32 Å². The lowest BCUT2D eigenvalue weighted by molar-refractivity contribution is -0.118. The van der Waals surface area contributed by atoms with Crippen LogP contribution < -0.4 is 11.1 Å². The zero-order chi connectivity index (χ0) is 7.11. The number of primary amides is 1. The van der Waals surface area contributed by atoms with E-state index in [1.807, 2.05) is 0 Å². The molecule has 0 atom stereocenters. The Balaban J connectivity index is 2.91. The van der Waals surface area contributed by atoms with E-state index in [2.05, 4.69) is 5.32 Å². The van der Waals surface area contributed by atoms with Crippen LogP contribution in [0.15, 0.2) is 0 Å². The molecule has 0 aromatic rings. The molecule has 0 aliphatic rings. The Morgan fingerprint density at radius 2 is 2.33 bits per heavy atom. The molecule has 0 saturated carbocycles. The second kappa shape index (κ2) is 5.08. The SMILES string of the molecule is NC(=O)CCCNC=O. The molecule has 0 radical (unpaired) electrons. The first kappa shape index (κ1) is 7.94. The summed E-state index contributed by atoms with van der Waals surface area (Å²) in [6.45, 7) is 0.520. The van der Waals surface area contributed by atoms with Gasteiger partial charge >= 0.3 is 0 Å². The van der Waals surface area contributed by atoms with Crippen molar-refractivity contribution in [3.63, 3.8) is 0 Å². The van der Waals surface area contributed by atoms with Gasteiger partial charge in [-0.3, -0.25) is 9.59 Å². The fourth-order valence-electron chi connectivity index (χ4n) is 0.424. The molecule has 0 heterocycles. The molecule has 0 bridgehead atoms. The number of hydrogen-bond acceptors (Lipinski definition) is 2. The van der Waals surface area contributed by atoms with Gasteiger partial charge in [-0.15, -0.1) is 0 Å². The standard InChI is InChI=1S/C5H10N2O2/c6-5(9)2-1-3-7-4-8/h4H,1-3H2,(H2,6,9)(H,7,8). The van der Waals surface area contributed by atoms with Crippen LogP contribution in [0.1, 0.15) is 12.8 Å². The highest BCUT2D eigenvalue weighted by Crippen LogP contribution is 1.82. The minimum absolute atomic E-state index is 0.331. The topological polar surface area (TPSA) is 72.2 Å². The minimum Gasteiger partial charge on any atom is -0.370 e. The van der Waals surface area contributed by atoms with Gasteiger partial charge < -0.3 is 11.1 Å². The fraction of sp³-hybridized carbons (Fsp3) is 0.600. The van der Waals surface area contributed by atoms with E-state index in [4.69, 9.17) is 5.73 Å². The van der Waals surface area contributed by atoms with E-state index in [-0.39, 0.29) is 5.91 Å². The van der Waals surface area contributed by atoms with E-state index in [9.17, 15) is 9.59 Å². The molecule has 4 nitrogen and oxygen atoms in total. The number of carbonyl (C=O) groups excluding carboxylic acids is 2. The third-order valence-corrected chi connectivity index (χ3v) is 0.828. The average Bonchev–Trinajstić information content (AvgIpc) is 1.80. The van der Waals surface area contributed by atoms with Gasteiger partial charge in [0.05, 0.1) is 0 Å². The van der Waals surface area contributed by atoms with Crippen molar-refractivity contribution >= 4 is 12.3 Å². The minimum atomic E-state index is -0.331. The van der Waals surface area contributed by atoms with E-state index in [0.717, 1.165) is 0 Å². The zero-order valence-corrected chi connectivity index (χ0v) is 5.09.